The molecule has 21 heavy (non-hydrogen) atoms. The normalized spacial score (nSPS) is 11.7. The van der Waals surface area contributed by atoms with Crippen LogP contribution in [0.4, 0.5) is 0 Å². The van der Waals surface area contributed by atoms with Crippen LogP contribution in [0.1, 0.15) is 12.0 Å². The van der Waals surface area contributed by atoms with Crippen LogP contribution in [0.2, 0.25) is 0 Å². The quantitative estimate of drug-likeness (QED) is 0.684. The lowest BCUT2D eigenvalue weighted by Crippen LogP contribution is -2.27. The lowest BCUT2D eigenvalue weighted by atomic mass is 10.3. The molecule has 2 aromatic rings. The maximum Gasteiger partial charge on any atom is 0.243 e. The van der Waals surface area contributed by atoms with E-state index in [0.29, 0.717) is 13.0 Å². The molecule has 114 valence electrons. The number of aromatic nitrogens is 3. The fraction of sp³-hybridized carbons (Fsp3) is 0.385. The molecule has 0 unspecified atom stereocenters. The standard InChI is InChI=1S/C13H19N5O2S/c1-18-11-13(10-16-18)21(19,20)17-7-3-6-15-9-12-4-2-5-14-8-12/h2,4-5,8,10-11,15,17H,3,6-7,9H2,1H3. The molecule has 0 radical (unpaired) electrons. The lowest BCUT2D eigenvalue weighted by molar-refractivity contribution is 0.573. The Morgan fingerprint density at radius 3 is 2.81 bits per heavy atom. The van der Waals surface area contributed by atoms with E-state index >= 15 is 0 Å². The number of aryl methyl sites for hydroxylation is 1. The van der Waals surface area contributed by atoms with Gasteiger partial charge in [-0.05, 0) is 24.6 Å². The first-order valence-corrected chi connectivity index (χ1v) is 8.14. The molecule has 0 fully saturated rings. The smallest absolute Gasteiger partial charge is 0.243 e. The van der Waals surface area contributed by atoms with Gasteiger partial charge in [-0.3, -0.25) is 9.67 Å². The molecule has 0 aliphatic carbocycles. The molecule has 0 saturated carbocycles. The number of nitrogens with one attached hydrogen (secondary N) is 2. The fourth-order valence-electron chi connectivity index (χ4n) is 1.78. The minimum Gasteiger partial charge on any atom is -0.313 e. The molecule has 2 N–H and O–H groups in total. The molecule has 0 aromatic carbocycles. The van der Waals surface area contributed by atoms with Crippen LogP contribution in [0.3, 0.4) is 0 Å². The average Bonchev–Trinajstić information content (AvgIpc) is 2.91. The molecule has 0 aliphatic heterocycles. The van der Waals surface area contributed by atoms with E-state index in [0.717, 1.165) is 18.7 Å². The average molecular weight is 309 g/mol. The molecule has 2 rings (SSSR count). The van der Waals surface area contributed by atoms with E-state index in [1.165, 1.54) is 17.1 Å². The molecule has 8 heteroatoms. The number of hydrogen-bond acceptors (Lipinski definition) is 5. The second-order valence-corrected chi connectivity index (χ2v) is 6.41. The number of pyridine rings is 1. The van der Waals surface area contributed by atoms with Crippen molar-refractivity contribution >= 4 is 10.0 Å². The third-order valence-corrected chi connectivity index (χ3v) is 4.28. The molecule has 2 heterocycles. The van der Waals surface area contributed by atoms with Crippen molar-refractivity contribution in [2.24, 2.45) is 7.05 Å². The van der Waals surface area contributed by atoms with Crippen LogP contribution in [0, 0.1) is 0 Å². The second-order valence-electron chi connectivity index (χ2n) is 4.64. The van der Waals surface area contributed by atoms with Gasteiger partial charge in [-0.25, -0.2) is 13.1 Å². The highest BCUT2D eigenvalue weighted by Crippen LogP contribution is 2.05. The van der Waals surface area contributed by atoms with E-state index in [1.807, 2.05) is 12.1 Å². The predicted molar refractivity (Wildman–Crippen MR) is 79.0 cm³/mol. The summed E-state index contributed by atoms with van der Waals surface area (Å²) in [7, 11) is -1.77. The van der Waals surface area contributed by atoms with Gasteiger partial charge in [-0.1, -0.05) is 6.07 Å². The summed E-state index contributed by atoms with van der Waals surface area (Å²) in [5.74, 6) is 0. The zero-order chi connectivity index (χ0) is 15.1. The Balaban J connectivity index is 1.66. The van der Waals surface area contributed by atoms with E-state index in [9.17, 15) is 8.42 Å². The van der Waals surface area contributed by atoms with Gasteiger partial charge in [0.1, 0.15) is 4.90 Å². The Morgan fingerprint density at radius 2 is 2.14 bits per heavy atom. The van der Waals surface area contributed by atoms with Crippen molar-refractivity contribution in [3.8, 4) is 0 Å². The van der Waals surface area contributed by atoms with E-state index in [4.69, 9.17) is 0 Å². The molecule has 0 atom stereocenters. The molecule has 0 spiro atoms. The van der Waals surface area contributed by atoms with Gasteiger partial charge in [0.15, 0.2) is 0 Å². The number of rotatable bonds is 8. The van der Waals surface area contributed by atoms with Crippen LogP contribution in [0.15, 0.2) is 41.8 Å². The maximum absolute atomic E-state index is 11.9. The highest BCUT2D eigenvalue weighted by atomic mass is 32.2. The van der Waals surface area contributed by atoms with Crippen molar-refractivity contribution in [3.05, 3.63) is 42.5 Å². The summed E-state index contributed by atoms with van der Waals surface area (Å²) in [5.41, 5.74) is 1.11. The van der Waals surface area contributed by atoms with E-state index in [2.05, 4.69) is 20.1 Å². The van der Waals surface area contributed by atoms with Gasteiger partial charge in [-0.2, -0.15) is 5.10 Å². The summed E-state index contributed by atoms with van der Waals surface area (Å²) >= 11 is 0. The van der Waals surface area contributed by atoms with Gasteiger partial charge in [0.05, 0.1) is 6.20 Å². The third kappa shape index (κ3) is 4.92. The summed E-state index contributed by atoms with van der Waals surface area (Å²) in [6.07, 6.45) is 7.06. The SMILES string of the molecule is Cn1cc(S(=O)(=O)NCCCNCc2cccnc2)cn1. The first-order chi connectivity index (χ1) is 10.1. The molecular formula is C13H19N5O2S. The van der Waals surface area contributed by atoms with Crippen LogP contribution >= 0.6 is 0 Å². The van der Waals surface area contributed by atoms with Gasteiger partial charge in [0.2, 0.25) is 10.0 Å². The highest BCUT2D eigenvalue weighted by Gasteiger charge is 2.14. The highest BCUT2D eigenvalue weighted by molar-refractivity contribution is 7.89. The van der Waals surface area contributed by atoms with Crippen molar-refractivity contribution in [3.63, 3.8) is 0 Å². The molecule has 2 aromatic heterocycles. The zero-order valence-corrected chi connectivity index (χ0v) is 12.7. The fourth-order valence-corrected chi connectivity index (χ4v) is 2.83. The summed E-state index contributed by atoms with van der Waals surface area (Å²) in [4.78, 5) is 4.22. The largest absolute Gasteiger partial charge is 0.313 e. The van der Waals surface area contributed by atoms with E-state index < -0.39 is 10.0 Å². The van der Waals surface area contributed by atoms with Crippen molar-refractivity contribution in [2.45, 2.75) is 17.9 Å². The molecule has 0 aliphatic rings. The third-order valence-electron chi connectivity index (χ3n) is 2.87. The van der Waals surface area contributed by atoms with Gasteiger partial charge in [-0.15, -0.1) is 0 Å². The number of hydrogen-bond donors (Lipinski definition) is 2. The Labute approximate surface area is 124 Å². The Hall–Kier alpha value is -1.77. The van der Waals surface area contributed by atoms with Crippen molar-refractivity contribution in [1.82, 2.24) is 24.8 Å². The molecule has 0 amide bonds. The first-order valence-electron chi connectivity index (χ1n) is 6.66. The Kier molecular flexibility index (Phi) is 5.43. The van der Waals surface area contributed by atoms with Gasteiger partial charge >= 0.3 is 0 Å². The second kappa shape index (κ2) is 7.30. The minimum absolute atomic E-state index is 0.188. The lowest BCUT2D eigenvalue weighted by Gasteiger charge is -2.06. The van der Waals surface area contributed by atoms with Crippen LogP contribution in [0.25, 0.3) is 0 Å². The van der Waals surface area contributed by atoms with Crippen molar-refractivity contribution in [1.29, 1.82) is 0 Å². The number of sulfonamides is 1. The summed E-state index contributed by atoms with van der Waals surface area (Å²) < 4.78 is 27.8. The first kappa shape index (κ1) is 15.6. The van der Waals surface area contributed by atoms with Crippen LogP contribution < -0.4 is 10.0 Å². The van der Waals surface area contributed by atoms with Crippen LogP contribution in [0.5, 0.6) is 0 Å². The van der Waals surface area contributed by atoms with Crippen molar-refractivity contribution < 1.29 is 8.42 Å². The maximum atomic E-state index is 11.9. The summed E-state index contributed by atoms with van der Waals surface area (Å²) in [6.45, 7) is 1.84. The van der Waals surface area contributed by atoms with E-state index in [-0.39, 0.29) is 4.90 Å². The minimum atomic E-state index is -3.45. The van der Waals surface area contributed by atoms with Gasteiger partial charge in [0, 0.05) is 38.7 Å². The van der Waals surface area contributed by atoms with Crippen LogP contribution in [-0.2, 0) is 23.6 Å². The molecular weight excluding hydrogens is 290 g/mol. The topological polar surface area (TPSA) is 88.9 Å². The van der Waals surface area contributed by atoms with E-state index in [1.54, 1.807) is 19.4 Å². The molecule has 7 nitrogen and oxygen atoms in total. The molecule has 0 saturated heterocycles. The Bertz CT molecular complexity index is 654. The van der Waals surface area contributed by atoms with Crippen molar-refractivity contribution in [2.75, 3.05) is 13.1 Å². The Morgan fingerprint density at radius 1 is 1.29 bits per heavy atom. The monoisotopic (exact) mass is 309 g/mol. The summed E-state index contributed by atoms with van der Waals surface area (Å²) in [5, 5.41) is 7.09. The predicted octanol–water partition coefficient (Wildman–Crippen LogP) is 0.273. The summed E-state index contributed by atoms with van der Waals surface area (Å²) in [6, 6.07) is 3.88. The number of nitrogens with zero attached hydrogens (tertiary/aromatic N) is 3. The molecule has 0 bridgehead atoms. The van der Waals surface area contributed by atoms with Gasteiger partial charge in [0.25, 0.3) is 0 Å². The van der Waals surface area contributed by atoms with Crippen LogP contribution in [-0.4, -0.2) is 36.3 Å². The van der Waals surface area contributed by atoms with Gasteiger partial charge < -0.3 is 5.32 Å². The zero-order valence-electron chi connectivity index (χ0n) is 11.9.